The molecule has 0 saturated heterocycles. The van der Waals surface area contributed by atoms with Gasteiger partial charge in [0.15, 0.2) is 0 Å². The Bertz CT molecular complexity index is 710. The second kappa shape index (κ2) is 7.42. The zero-order chi connectivity index (χ0) is 15.9. The number of hydrogen-bond acceptors (Lipinski definition) is 4. The maximum absolute atomic E-state index is 11.8. The Hall–Kier alpha value is -2.60. The van der Waals surface area contributed by atoms with Crippen molar-refractivity contribution in [3.8, 4) is 0 Å². The molecule has 0 radical (unpaired) electrons. The molecule has 0 saturated carbocycles. The van der Waals surface area contributed by atoms with Crippen LogP contribution >= 0.6 is 11.6 Å². The molecule has 2 aromatic rings. The van der Waals surface area contributed by atoms with Gasteiger partial charge in [-0.25, -0.2) is 5.43 Å². The van der Waals surface area contributed by atoms with Crippen molar-refractivity contribution in [2.75, 3.05) is 6.54 Å². The van der Waals surface area contributed by atoms with Crippen molar-refractivity contribution in [3.05, 3.63) is 58.5 Å². The van der Waals surface area contributed by atoms with Crippen LogP contribution in [0.25, 0.3) is 0 Å². The van der Waals surface area contributed by atoms with Gasteiger partial charge in [-0.1, -0.05) is 23.7 Å². The lowest BCUT2D eigenvalue weighted by molar-refractivity contribution is -0.120. The van der Waals surface area contributed by atoms with Crippen molar-refractivity contribution in [3.63, 3.8) is 0 Å². The number of rotatable bonds is 5. The van der Waals surface area contributed by atoms with E-state index in [-0.39, 0.29) is 6.54 Å². The molecule has 0 unspecified atom stereocenters. The van der Waals surface area contributed by atoms with Gasteiger partial charge < -0.3 is 9.73 Å². The SMILES string of the molecule is Cc1ccc(/C=N\NC(=O)CNC(=O)c2ccccc2Cl)o1. The average Bonchev–Trinajstić information content (AvgIpc) is 2.91. The van der Waals surface area contributed by atoms with Gasteiger partial charge in [0.2, 0.25) is 0 Å². The summed E-state index contributed by atoms with van der Waals surface area (Å²) in [4.78, 5) is 23.4. The molecular weight excluding hydrogens is 306 g/mol. The molecule has 0 fully saturated rings. The van der Waals surface area contributed by atoms with E-state index in [1.54, 1.807) is 43.3 Å². The number of aryl methyl sites for hydroxylation is 1. The van der Waals surface area contributed by atoms with Crippen LogP contribution < -0.4 is 10.7 Å². The Labute approximate surface area is 132 Å². The van der Waals surface area contributed by atoms with E-state index >= 15 is 0 Å². The third-order valence-electron chi connectivity index (χ3n) is 2.67. The van der Waals surface area contributed by atoms with Crippen molar-refractivity contribution in [2.24, 2.45) is 5.10 Å². The number of carbonyl (C=O) groups is 2. The third kappa shape index (κ3) is 4.46. The Morgan fingerprint density at radius 1 is 1.27 bits per heavy atom. The Morgan fingerprint density at radius 3 is 2.73 bits per heavy atom. The van der Waals surface area contributed by atoms with E-state index in [9.17, 15) is 9.59 Å². The summed E-state index contributed by atoms with van der Waals surface area (Å²) in [6, 6.07) is 10.1. The monoisotopic (exact) mass is 319 g/mol. The van der Waals surface area contributed by atoms with Crippen LogP contribution in [0.3, 0.4) is 0 Å². The molecule has 2 amide bonds. The summed E-state index contributed by atoms with van der Waals surface area (Å²) in [7, 11) is 0. The number of carbonyl (C=O) groups excluding carboxylic acids is 2. The molecule has 1 aromatic carbocycles. The molecule has 7 heteroatoms. The van der Waals surface area contributed by atoms with Crippen LogP contribution in [0, 0.1) is 6.92 Å². The predicted molar refractivity (Wildman–Crippen MR) is 83.0 cm³/mol. The first kappa shape index (κ1) is 15.8. The van der Waals surface area contributed by atoms with Crippen molar-refractivity contribution in [1.82, 2.24) is 10.7 Å². The van der Waals surface area contributed by atoms with Gasteiger partial charge in [-0.15, -0.1) is 0 Å². The number of nitrogens with one attached hydrogen (secondary N) is 2. The van der Waals surface area contributed by atoms with Crippen LogP contribution in [-0.4, -0.2) is 24.6 Å². The first-order valence-corrected chi connectivity index (χ1v) is 6.85. The zero-order valence-electron chi connectivity index (χ0n) is 11.8. The molecule has 0 atom stereocenters. The predicted octanol–water partition coefficient (Wildman–Crippen LogP) is 2.12. The summed E-state index contributed by atoms with van der Waals surface area (Å²) in [6.07, 6.45) is 1.38. The molecule has 22 heavy (non-hydrogen) atoms. The normalized spacial score (nSPS) is 10.6. The van der Waals surface area contributed by atoms with Crippen LogP contribution in [0.4, 0.5) is 0 Å². The highest BCUT2D eigenvalue weighted by Crippen LogP contribution is 2.14. The minimum absolute atomic E-state index is 0.210. The molecule has 114 valence electrons. The smallest absolute Gasteiger partial charge is 0.259 e. The second-order valence-corrected chi connectivity index (χ2v) is 4.81. The Balaban J connectivity index is 1.79. The Morgan fingerprint density at radius 2 is 2.05 bits per heavy atom. The van der Waals surface area contributed by atoms with Crippen LogP contribution in [0.5, 0.6) is 0 Å². The van der Waals surface area contributed by atoms with Crippen LogP contribution in [0.1, 0.15) is 21.9 Å². The molecule has 6 nitrogen and oxygen atoms in total. The largest absolute Gasteiger partial charge is 0.460 e. The highest BCUT2D eigenvalue weighted by Gasteiger charge is 2.10. The van der Waals surface area contributed by atoms with Crippen LogP contribution in [-0.2, 0) is 4.79 Å². The quantitative estimate of drug-likeness (QED) is 0.654. The number of amides is 2. The van der Waals surface area contributed by atoms with Crippen molar-refractivity contribution >= 4 is 29.6 Å². The number of hydrogen-bond donors (Lipinski definition) is 2. The van der Waals surface area contributed by atoms with Crippen molar-refractivity contribution < 1.29 is 14.0 Å². The lowest BCUT2D eigenvalue weighted by atomic mass is 10.2. The molecule has 2 N–H and O–H groups in total. The number of halogens is 1. The Kier molecular flexibility index (Phi) is 5.32. The molecule has 0 aliphatic heterocycles. The lowest BCUT2D eigenvalue weighted by Crippen LogP contribution is -2.35. The van der Waals surface area contributed by atoms with E-state index in [4.69, 9.17) is 16.0 Å². The maximum atomic E-state index is 11.8. The van der Waals surface area contributed by atoms with E-state index in [1.807, 2.05) is 0 Å². The van der Waals surface area contributed by atoms with E-state index in [1.165, 1.54) is 6.21 Å². The minimum atomic E-state index is -0.458. The molecule has 0 bridgehead atoms. The fraction of sp³-hybridized carbons (Fsp3) is 0.133. The third-order valence-corrected chi connectivity index (χ3v) is 3.00. The van der Waals surface area contributed by atoms with Gasteiger partial charge in [0.25, 0.3) is 11.8 Å². The van der Waals surface area contributed by atoms with E-state index < -0.39 is 11.8 Å². The maximum Gasteiger partial charge on any atom is 0.259 e. The first-order chi connectivity index (χ1) is 10.6. The average molecular weight is 320 g/mol. The van der Waals surface area contributed by atoms with Crippen LogP contribution in [0.2, 0.25) is 5.02 Å². The van der Waals surface area contributed by atoms with E-state index in [2.05, 4.69) is 15.8 Å². The highest BCUT2D eigenvalue weighted by molar-refractivity contribution is 6.33. The number of furan rings is 1. The topological polar surface area (TPSA) is 83.7 Å². The van der Waals surface area contributed by atoms with Gasteiger partial charge in [-0.05, 0) is 31.2 Å². The summed E-state index contributed by atoms with van der Waals surface area (Å²) in [5.74, 6) is 0.393. The molecule has 0 spiro atoms. The van der Waals surface area contributed by atoms with E-state index in [0.29, 0.717) is 16.3 Å². The van der Waals surface area contributed by atoms with Crippen molar-refractivity contribution in [1.29, 1.82) is 0 Å². The van der Waals surface area contributed by atoms with Gasteiger partial charge in [-0.2, -0.15) is 5.10 Å². The van der Waals surface area contributed by atoms with Gasteiger partial charge >= 0.3 is 0 Å². The van der Waals surface area contributed by atoms with Gasteiger partial charge in [0, 0.05) is 0 Å². The first-order valence-electron chi connectivity index (χ1n) is 6.47. The molecule has 2 rings (SSSR count). The van der Waals surface area contributed by atoms with E-state index in [0.717, 1.165) is 5.76 Å². The summed E-state index contributed by atoms with van der Waals surface area (Å²) >= 11 is 5.89. The highest BCUT2D eigenvalue weighted by atomic mass is 35.5. The number of benzene rings is 1. The molecule has 1 heterocycles. The fourth-order valence-corrected chi connectivity index (χ4v) is 1.85. The number of nitrogens with zero attached hydrogens (tertiary/aromatic N) is 1. The summed E-state index contributed by atoms with van der Waals surface area (Å²) in [5.41, 5.74) is 2.60. The van der Waals surface area contributed by atoms with Crippen molar-refractivity contribution in [2.45, 2.75) is 6.92 Å². The second-order valence-electron chi connectivity index (χ2n) is 4.40. The molecule has 0 aliphatic carbocycles. The fourth-order valence-electron chi connectivity index (χ4n) is 1.63. The lowest BCUT2D eigenvalue weighted by Gasteiger charge is -2.05. The van der Waals surface area contributed by atoms with Crippen LogP contribution in [0.15, 0.2) is 45.9 Å². The molecule has 1 aromatic heterocycles. The van der Waals surface area contributed by atoms with Gasteiger partial charge in [0.05, 0.1) is 23.3 Å². The minimum Gasteiger partial charge on any atom is -0.460 e. The van der Waals surface area contributed by atoms with Gasteiger partial charge in [0.1, 0.15) is 11.5 Å². The molecular formula is C15H14ClN3O3. The standard InChI is InChI=1S/C15H14ClN3O3/c1-10-6-7-11(22-10)8-18-19-14(20)9-17-15(21)12-4-2-3-5-13(12)16/h2-8H,9H2,1H3,(H,17,21)(H,19,20)/b18-8-. The molecule has 0 aliphatic rings. The summed E-state index contributed by atoms with van der Waals surface area (Å²) < 4.78 is 5.25. The van der Waals surface area contributed by atoms with Gasteiger partial charge in [-0.3, -0.25) is 9.59 Å². The number of hydrazone groups is 1. The summed E-state index contributed by atoms with van der Waals surface area (Å²) in [6.45, 7) is 1.60. The zero-order valence-corrected chi connectivity index (χ0v) is 12.6. The summed E-state index contributed by atoms with van der Waals surface area (Å²) in [5, 5.41) is 6.51.